The predicted molar refractivity (Wildman–Crippen MR) is 151 cm³/mol. The molecule has 3 rings (SSSR count). The molecule has 0 spiro atoms. The van der Waals surface area contributed by atoms with Crippen LogP contribution >= 0.6 is 0 Å². The van der Waals surface area contributed by atoms with Crippen LogP contribution in [0.25, 0.3) is 0 Å². The van der Waals surface area contributed by atoms with Gasteiger partial charge in [0.25, 0.3) is 0 Å². The maximum Gasteiger partial charge on any atom is 0.0703 e. The van der Waals surface area contributed by atoms with E-state index in [9.17, 15) is 30.6 Å². The molecule has 6 N–H and O–H groups in total. The molecular weight excluding hydrogens is 1190 g/mol. The zero-order valence-corrected chi connectivity index (χ0v) is 35.7. The van der Waals surface area contributed by atoms with Crippen molar-refractivity contribution in [1.29, 1.82) is 0 Å². The molecule has 0 aromatic carbocycles. The Hall–Kier alpha value is 0.0558. The third-order valence-corrected chi connectivity index (χ3v) is 6.38. The van der Waals surface area contributed by atoms with E-state index in [1.165, 1.54) is 0 Å². The molecular formula is C32H39O6U3-3. The van der Waals surface area contributed by atoms with E-state index in [-0.39, 0.29) is 110 Å². The van der Waals surface area contributed by atoms with E-state index in [2.05, 4.69) is 32.9 Å². The molecule has 0 aromatic rings. The number of allylic oxidation sites excluding steroid dienone is 6. The van der Waals surface area contributed by atoms with Crippen LogP contribution in [-0.4, -0.2) is 67.3 Å². The Morgan fingerprint density at radius 2 is 0.805 bits per heavy atom. The first-order valence-corrected chi connectivity index (χ1v) is 12.1. The van der Waals surface area contributed by atoms with E-state index >= 15 is 0 Å². The van der Waals surface area contributed by atoms with Gasteiger partial charge in [-0.15, -0.1) is 0 Å². The van der Waals surface area contributed by atoms with Crippen molar-refractivity contribution in [3.63, 3.8) is 0 Å². The first-order chi connectivity index (χ1) is 17.8. The predicted octanol–water partition coefficient (Wildman–Crippen LogP) is 3.25. The first kappa shape index (κ1) is 45.5. The van der Waals surface area contributed by atoms with Crippen molar-refractivity contribution in [2.75, 3.05) is 0 Å². The van der Waals surface area contributed by atoms with Crippen LogP contribution < -0.4 is 0 Å². The van der Waals surface area contributed by atoms with Crippen molar-refractivity contribution in [1.82, 2.24) is 0 Å². The second-order valence-electron chi connectivity index (χ2n) is 9.15. The second-order valence-corrected chi connectivity index (χ2v) is 9.15. The maximum atomic E-state index is 9.52. The van der Waals surface area contributed by atoms with Crippen molar-refractivity contribution in [2.45, 2.75) is 62.3 Å². The SMILES string of the molecule is [CH-]=C1[C@H](O)C(=C)/C(=C\C=C)C[C@H]1O.[CH-]=C1[C@H](O)C(=C)/C(=C\C=C)C[C@H]1O.[CH-]=C1[C@H](O)CC(=CC=C)C[C@H]1O.[U].[U].[U]. The van der Waals surface area contributed by atoms with E-state index in [1.807, 2.05) is 0 Å². The molecule has 3 aliphatic carbocycles. The van der Waals surface area contributed by atoms with Gasteiger partial charge in [0.15, 0.2) is 0 Å². The number of hydrogen-bond donors (Lipinski definition) is 6. The molecule has 0 saturated heterocycles. The minimum Gasteiger partial charge on any atom is -0.509 e. The summed E-state index contributed by atoms with van der Waals surface area (Å²) in [5.74, 6) is 0. The molecule has 0 aromatic heterocycles. The summed E-state index contributed by atoms with van der Waals surface area (Å²) in [6, 6.07) is 0. The Morgan fingerprint density at radius 1 is 0.512 bits per heavy atom. The van der Waals surface area contributed by atoms with Gasteiger partial charge in [-0.3, -0.25) is 0 Å². The molecule has 218 valence electrons. The standard InChI is InChI=1S/2C11H13O2.C10H13O2.3U/c2*1-4-5-9-6-10(12)8(3)11(13)7(9)2;1-3-4-8-5-9(11)7(2)10(12)6-8;;;/h2*3-5,10-13H,1-2,6H2;2-4,9-12H,1,5-6H2;;;/q3*-1;;;/b2*9-5-;;;;/t2*10-,11-;9-,10-;;;/m111.../s1. The molecule has 41 heavy (non-hydrogen) atoms. The normalized spacial score (nSPS) is 29.3. The van der Waals surface area contributed by atoms with Crippen LogP contribution in [0.5, 0.6) is 0 Å². The van der Waals surface area contributed by atoms with Crippen LogP contribution in [0.3, 0.4) is 0 Å². The summed E-state index contributed by atoms with van der Waals surface area (Å²) in [5.41, 5.74) is 4.28. The number of rotatable bonds is 3. The number of aliphatic hydroxyl groups excluding tert-OH is 6. The Morgan fingerprint density at radius 3 is 1.10 bits per heavy atom. The van der Waals surface area contributed by atoms with Gasteiger partial charge in [-0.05, 0) is 48.0 Å². The quantitative estimate of drug-likeness (QED) is 0.242. The molecule has 0 aliphatic heterocycles. The Labute approximate surface area is 316 Å². The van der Waals surface area contributed by atoms with Crippen molar-refractivity contribution < 1.29 is 124 Å². The van der Waals surface area contributed by atoms with Gasteiger partial charge in [0.1, 0.15) is 0 Å². The Balaban J connectivity index is -0.000000510. The van der Waals surface area contributed by atoms with E-state index in [4.69, 9.17) is 19.7 Å². The maximum absolute atomic E-state index is 9.52. The molecule has 9 heteroatoms. The summed E-state index contributed by atoms with van der Waals surface area (Å²) in [6.07, 6.45) is 7.05. The average molecular weight is 1230 g/mol. The molecule has 3 aliphatic rings. The molecule has 0 heterocycles. The molecule has 0 amide bonds. The fourth-order valence-corrected chi connectivity index (χ4v) is 4.01. The summed E-state index contributed by atoms with van der Waals surface area (Å²) in [4.78, 5) is 0. The third kappa shape index (κ3) is 13.7. The van der Waals surface area contributed by atoms with Gasteiger partial charge in [-0.1, -0.05) is 74.9 Å². The van der Waals surface area contributed by atoms with Gasteiger partial charge < -0.3 is 50.4 Å². The van der Waals surface area contributed by atoms with Crippen LogP contribution in [0.1, 0.15) is 25.7 Å². The molecule has 0 bridgehead atoms. The van der Waals surface area contributed by atoms with Gasteiger partial charge >= 0.3 is 0 Å². The molecule has 6 atom stereocenters. The number of aliphatic hydroxyl groups is 6. The van der Waals surface area contributed by atoms with Gasteiger partial charge in [0.2, 0.25) is 0 Å². The summed E-state index contributed by atoms with van der Waals surface area (Å²) in [7, 11) is 0. The zero-order valence-electron chi connectivity index (χ0n) is 23.2. The van der Waals surface area contributed by atoms with Crippen molar-refractivity contribution >= 4 is 0 Å². The topological polar surface area (TPSA) is 121 Å². The van der Waals surface area contributed by atoms with Gasteiger partial charge in [0.05, 0.1) is 12.2 Å². The number of hydrogen-bond acceptors (Lipinski definition) is 6. The van der Waals surface area contributed by atoms with Crippen LogP contribution in [-0.2, 0) is 0 Å². The minimum absolute atomic E-state index is 0. The van der Waals surface area contributed by atoms with Crippen molar-refractivity contribution in [3.05, 3.63) is 134 Å². The second kappa shape index (κ2) is 22.5. The third-order valence-electron chi connectivity index (χ3n) is 6.38. The average Bonchev–Trinajstić information content (AvgIpc) is 2.87. The molecule has 3 fully saturated rings. The van der Waals surface area contributed by atoms with Gasteiger partial charge in [0, 0.05) is 118 Å². The molecule has 0 radical (unpaired) electrons. The fourth-order valence-electron chi connectivity index (χ4n) is 4.01. The van der Waals surface area contributed by atoms with Crippen LogP contribution in [0, 0.1) is 113 Å². The fraction of sp³-hybridized carbons (Fsp3) is 0.312. The first-order valence-electron chi connectivity index (χ1n) is 12.1. The Kier molecular flexibility index (Phi) is 25.0. The summed E-state index contributed by atoms with van der Waals surface area (Å²) >= 11 is 0. The van der Waals surface area contributed by atoms with Crippen LogP contribution in [0.4, 0.5) is 0 Å². The van der Waals surface area contributed by atoms with Gasteiger partial charge in [-0.2, -0.15) is 11.1 Å². The van der Waals surface area contributed by atoms with Crippen LogP contribution in [0.2, 0.25) is 0 Å². The van der Waals surface area contributed by atoms with E-state index in [0.29, 0.717) is 36.8 Å². The molecule has 6 nitrogen and oxygen atoms in total. The van der Waals surface area contributed by atoms with Crippen LogP contribution in [0.15, 0.2) is 114 Å². The van der Waals surface area contributed by atoms with E-state index in [0.717, 1.165) is 16.7 Å². The van der Waals surface area contributed by atoms with Gasteiger partial charge in [-0.25, -0.2) is 5.57 Å². The van der Waals surface area contributed by atoms with Crippen molar-refractivity contribution in [2.24, 2.45) is 0 Å². The summed E-state index contributed by atoms with van der Waals surface area (Å²) < 4.78 is 0. The Bertz CT molecular complexity index is 1010. The summed E-state index contributed by atoms with van der Waals surface area (Å²) in [5, 5.41) is 56.6. The largest absolute Gasteiger partial charge is 0.509 e. The van der Waals surface area contributed by atoms with Crippen molar-refractivity contribution in [3.8, 4) is 0 Å². The van der Waals surface area contributed by atoms with E-state index < -0.39 is 36.6 Å². The van der Waals surface area contributed by atoms with E-state index in [1.54, 1.807) is 36.5 Å². The molecule has 0 unspecified atom stereocenters. The monoisotopic (exact) mass is 1230 g/mol. The smallest absolute Gasteiger partial charge is 0.0703 e. The molecule has 3 saturated carbocycles. The minimum atomic E-state index is -0.935. The summed E-state index contributed by atoms with van der Waals surface area (Å²) in [6.45, 7) is 34.4. The zero-order chi connectivity index (χ0) is 29.2.